The number of amides is 3. The Hall–Kier alpha value is -3.10. The molecular formula is C21H23N5O3. The second kappa shape index (κ2) is 8.50. The van der Waals surface area contributed by atoms with E-state index in [9.17, 15) is 14.4 Å². The maximum Gasteiger partial charge on any atom is 0.261 e. The minimum atomic E-state index is -0.378. The Morgan fingerprint density at radius 1 is 1.03 bits per heavy atom. The number of piperazine rings is 1. The van der Waals surface area contributed by atoms with Crippen molar-refractivity contribution < 1.29 is 14.4 Å². The summed E-state index contributed by atoms with van der Waals surface area (Å²) in [4.78, 5) is 45.3. The summed E-state index contributed by atoms with van der Waals surface area (Å²) in [5.41, 5.74) is 1.82. The van der Waals surface area contributed by atoms with Crippen LogP contribution in [0.5, 0.6) is 0 Å². The summed E-state index contributed by atoms with van der Waals surface area (Å²) in [5, 5.41) is 6.19. The molecule has 0 aliphatic carbocycles. The van der Waals surface area contributed by atoms with Crippen LogP contribution in [0.2, 0.25) is 0 Å². The number of carbonyl (C=O) groups excluding carboxylic acids is 3. The molecule has 0 bridgehead atoms. The summed E-state index contributed by atoms with van der Waals surface area (Å²) >= 11 is 0. The number of carbonyl (C=O) groups is 3. The molecule has 8 heteroatoms. The van der Waals surface area contributed by atoms with Gasteiger partial charge in [-0.15, -0.1) is 0 Å². The Morgan fingerprint density at radius 2 is 1.76 bits per heavy atom. The fraction of sp³-hybridized carbons (Fsp3) is 0.333. The topological polar surface area (TPSA) is 94.6 Å². The molecule has 2 N–H and O–H groups in total. The van der Waals surface area contributed by atoms with Gasteiger partial charge in [-0.2, -0.15) is 0 Å². The summed E-state index contributed by atoms with van der Waals surface area (Å²) in [6.45, 7) is 5.38. The highest BCUT2D eigenvalue weighted by Gasteiger charge is 2.36. The van der Waals surface area contributed by atoms with Crippen molar-refractivity contribution in [1.82, 2.24) is 25.4 Å². The molecule has 1 fully saturated rings. The van der Waals surface area contributed by atoms with Crippen LogP contribution in [0, 0.1) is 0 Å². The van der Waals surface area contributed by atoms with Crippen LogP contribution in [-0.4, -0.2) is 71.8 Å². The summed E-state index contributed by atoms with van der Waals surface area (Å²) in [6, 6.07) is 8.21. The normalized spacial score (nSPS) is 16.8. The third-order valence-electron chi connectivity index (χ3n) is 5.25. The van der Waals surface area contributed by atoms with Crippen LogP contribution in [-0.2, 0) is 6.54 Å². The predicted molar refractivity (Wildman–Crippen MR) is 107 cm³/mol. The van der Waals surface area contributed by atoms with E-state index in [-0.39, 0.29) is 29.8 Å². The van der Waals surface area contributed by atoms with Crippen LogP contribution in [0.3, 0.4) is 0 Å². The zero-order chi connectivity index (χ0) is 20.2. The third-order valence-corrected chi connectivity index (χ3v) is 5.25. The molecule has 3 heterocycles. The highest BCUT2D eigenvalue weighted by Crippen LogP contribution is 2.25. The van der Waals surface area contributed by atoms with Crippen molar-refractivity contribution in [2.24, 2.45) is 0 Å². The second-order valence-corrected chi connectivity index (χ2v) is 7.16. The summed E-state index contributed by atoms with van der Waals surface area (Å²) < 4.78 is 0. The average Bonchev–Trinajstić information content (AvgIpc) is 2.99. The standard InChI is InChI=1S/C21H23N5O3/c27-19(24-9-12-25-10-7-23-8-11-25)16-1-2-17-18(13-16)21(29)26(20(17)28)14-15-3-5-22-6-4-15/h1-6,13,23H,7-12,14H2,(H,24,27). The number of pyridine rings is 1. The van der Waals surface area contributed by atoms with Crippen molar-refractivity contribution in [3.8, 4) is 0 Å². The number of imide groups is 1. The average molecular weight is 393 g/mol. The molecule has 2 aliphatic heterocycles. The van der Waals surface area contributed by atoms with Gasteiger partial charge in [0.2, 0.25) is 0 Å². The molecule has 8 nitrogen and oxygen atoms in total. The Morgan fingerprint density at radius 3 is 2.52 bits per heavy atom. The number of benzene rings is 1. The molecule has 0 spiro atoms. The van der Waals surface area contributed by atoms with E-state index in [1.165, 1.54) is 11.0 Å². The molecule has 0 atom stereocenters. The molecule has 4 rings (SSSR count). The van der Waals surface area contributed by atoms with Crippen LogP contribution in [0.4, 0.5) is 0 Å². The number of fused-ring (bicyclic) bond motifs is 1. The molecule has 0 saturated carbocycles. The van der Waals surface area contributed by atoms with Gasteiger partial charge in [0.15, 0.2) is 0 Å². The minimum absolute atomic E-state index is 0.182. The predicted octanol–water partition coefficient (Wildman–Crippen LogP) is 0.513. The Kier molecular flexibility index (Phi) is 5.64. The van der Waals surface area contributed by atoms with Gasteiger partial charge in [-0.05, 0) is 35.9 Å². The van der Waals surface area contributed by atoms with Gasteiger partial charge in [0, 0.05) is 57.2 Å². The van der Waals surface area contributed by atoms with Crippen molar-refractivity contribution in [2.75, 3.05) is 39.3 Å². The quantitative estimate of drug-likeness (QED) is 0.695. The van der Waals surface area contributed by atoms with Crippen LogP contribution in [0.25, 0.3) is 0 Å². The van der Waals surface area contributed by atoms with E-state index in [4.69, 9.17) is 0 Å². The molecule has 1 aromatic carbocycles. The van der Waals surface area contributed by atoms with E-state index in [0.717, 1.165) is 38.3 Å². The molecule has 150 valence electrons. The van der Waals surface area contributed by atoms with Gasteiger partial charge in [0.25, 0.3) is 17.7 Å². The van der Waals surface area contributed by atoms with Crippen molar-refractivity contribution >= 4 is 17.7 Å². The molecule has 2 aromatic rings. The first kappa shape index (κ1) is 19.2. The summed E-state index contributed by atoms with van der Waals surface area (Å²) in [6.07, 6.45) is 3.24. The first-order valence-electron chi connectivity index (χ1n) is 9.74. The highest BCUT2D eigenvalue weighted by molar-refractivity contribution is 6.22. The van der Waals surface area contributed by atoms with Crippen LogP contribution in [0.15, 0.2) is 42.7 Å². The van der Waals surface area contributed by atoms with Crippen LogP contribution < -0.4 is 10.6 Å². The number of hydrogen-bond donors (Lipinski definition) is 2. The molecule has 0 radical (unpaired) electrons. The Labute approximate surface area is 168 Å². The number of nitrogens with one attached hydrogen (secondary N) is 2. The zero-order valence-corrected chi connectivity index (χ0v) is 16.1. The van der Waals surface area contributed by atoms with Crippen LogP contribution >= 0.6 is 0 Å². The van der Waals surface area contributed by atoms with Gasteiger partial charge in [-0.3, -0.25) is 29.2 Å². The van der Waals surface area contributed by atoms with Gasteiger partial charge in [0.05, 0.1) is 17.7 Å². The first-order chi connectivity index (χ1) is 14.1. The van der Waals surface area contributed by atoms with Crippen molar-refractivity contribution in [1.29, 1.82) is 0 Å². The number of nitrogens with zero attached hydrogens (tertiary/aromatic N) is 3. The zero-order valence-electron chi connectivity index (χ0n) is 16.1. The van der Waals surface area contributed by atoms with Gasteiger partial charge in [-0.25, -0.2) is 0 Å². The lowest BCUT2D eigenvalue weighted by Gasteiger charge is -2.27. The second-order valence-electron chi connectivity index (χ2n) is 7.16. The van der Waals surface area contributed by atoms with Crippen LogP contribution in [0.1, 0.15) is 36.6 Å². The van der Waals surface area contributed by atoms with E-state index in [2.05, 4.69) is 20.5 Å². The van der Waals surface area contributed by atoms with Gasteiger partial charge in [-0.1, -0.05) is 0 Å². The lowest BCUT2D eigenvalue weighted by atomic mass is 10.1. The molecule has 0 unspecified atom stereocenters. The van der Waals surface area contributed by atoms with Gasteiger partial charge in [0.1, 0.15) is 0 Å². The fourth-order valence-electron chi connectivity index (χ4n) is 3.61. The van der Waals surface area contributed by atoms with Gasteiger partial charge >= 0.3 is 0 Å². The largest absolute Gasteiger partial charge is 0.351 e. The Bertz CT molecular complexity index is 925. The van der Waals surface area contributed by atoms with Crippen molar-refractivity contribution in [3.63, 3.8) is 0 Å². The molecule has 1 aromatic heterocycles. The maximum atomic E-state index is 12.8. The number of hydrogen-bond acceptors (Lipinski definition) is 6. The van der Waals surface area contributed by atoms with Crippen molar-refractivity contribution in [2.45, 2.75) is 6.54 Å². The molecule has 29 heavy (non-hydrogen) atoms. The number of rotatable bonds is 6. The lowest BCUT2D eigenvalue weighted by Crippen LogP contribution is -2.46. The van der Waals surface area contributed by atoms with E-state index in [0.29, 0.717) is 17.7 Å². The molecule has 3 amide bonds. The SMILES string of the molecule is O=C(NCCN1CCNCC1)c1ccc2c(c1)C(=O)N(Cc1ccncc1)C2=O. The van der Waals surface area contributed by atoms with Crippen molar-refractivity contribution in [3.05, 3.63) is 65.0 Å². The maximum absolute atomic E-state index is 12.8. The van der Waals surface area contributed by atoms with E-state index in [1.807, 2.05) is 0 Å². The van der Waals surface area contributed by atoms with E-state index in [1.54, 1.807) is 36.7 Å². The lowest BCUT2D eigenvalue weighted by molar-refractivity contribution is 0.0642. The third kappa shape index (κ3) is 4.18. The first-order valence-corrected chi connectivity index (χ1v) is 9.74. The molecule has 2 aliphatic rings. The molecular weight excluding hydrogens is 370 g/mol. The van der Waals surface area contributed by atoms with E-state index < -0.39 is 0 Å². The highest BCUT2D eigenvalue weighted by atomic mass is 16.2. The minimum Gasteiger partial charge on any atom is -0.351 e. The number of aromatic nitrogens is 1. The fourth-order valence-corrected chi connectivity index (χ4v) is 3.61. The summed E-state index contributed by atoms with van der Waals surface area (Å²) in [7, 11) is 0. The summed E-state index contributed by atoms with van der Waals surface area (Å²) in [5.74, 6) is -0.958. The molecule has 1 saturated heterocycles. The smallest absolute Gasteiger partial charge is 0.261 e. The Balaban J connectivity index is 1.40. The monoisotopic (exact) mass is 393 g/mol. The van der Waals surface area contributed by atoms with Gasteiger partial charge < -0.3 is 10.6 Å². The van der Waals surface area contributed by atoms with E-state index >= 15 is 0 Å².